The van der Waals surface area contributed by atoms with Gasteiger partial charge in [-0.25, -0.2) is 4.98 Å². The quantitative estimate of drug-likeness (QED) is 0.855. The number of anilines is 1. The number of nitrogens with zero attached hydrogens (tertiary/aromatic N) is 4. The van der Waals surface area contributed by atoms with Gasteiger partial charge in [0, 0.05) is 32.9 Å². The van der Waals surface area contributed by atoms with Crippen LogP contribution in [0.4, 0.5) is 5.82 Å². The van der Waals surface area contributed by atoms with Crippen LogP contribution in [0.2, 0.25) is 0 Å². The van der Waals surface area contributed by atoms with Crippen molar-refractivity contribution in [3.8, 4) is 6.07 Å². The fourth-order valence-electron chi connectivity index (χ4n) is 2.83. The molecular weight excluding hydrogens is 316 g/mol. The van der Waals surface area contributed by atoms with Gasteiger partial charge in [0.2, 0.25) is 0 Å². The van der Waals surface area contributed by atoms with Crippen LogP contribution in [-0.2, 0) is 11.3 Å². The molecule has 6 nitrogen and oxygen atoms in total. The molecule has 6 heteroatoms. The van der Waals surface area contributed by atoms with Gasteiger partial charge in [-0.2, -0.15) is 5.26 Å². The smallest absolute Gasteiger partial charge is 0.257 e. The Morgan fingerprint density at radius 1 is 1.28 bits per heavy atom. The molecule has 1 aliphatic rings. The van der Waals surface area contributed by atoms with Gasteiger partial charge in [0.05, 0.1) is 30.4 Å². The number of aromatic nitrogens is 1. The number of rotatable bonds is 4. The summed E-state index contributed by atoms with van der Waals surface area (Å²) in [6.07, 6.45) is 1.71. The number of amides is 1. The Labute approximate surface area is 147 Å². The summed E-state index contributed by atoms with van der Waals surface area (Å²) in [4.78, 5) is 21.1. The molecule has 2 aromatic rings. The summed E-state index contributed by atoms with van der Waals surface area (Å²) in [5, 5.41) is 8.87. The highest BCUT2D eigenvalue weighted by molar-refractivity contribution is 5.98. The van der Waals surface area contributed by atoms with Crippen LogP contribution in [0.5, 0.6) is 0 Å². The summed E-state index contributed by atoms with van der Waals surface area (Å²) >= 11 is 0. The van der Waals surface area contributed by atoms with Gasteiger partial charge < -0.3 is 14.5 Å². The summed E-state index contributed by atoms with van der Waals surface area (Å²) in [5.74, 6) is 0.640. The zero-order chi connectivity index (χ0) is 17.6. The van der Waals surface area contributed by atoms with Gasteiger partial charge in [-0.05, 0) is 29.8 Å². The number of ether oxygens (including phenoxy) is 1. The first-order valence-electron chi connectivity index (χ1n) is 8.21. The first-order valence-corrected chi connectivity index (χ1v) is 8.21. The lowest BCUT2D eigenvalue weighted by Gasteiger charge is -2.30. The first kappa shape index (κ1) is 16.9. The number of pyridine rings is 1. The van der Waals surface area contributed by atoms with Gasteiger partial charge in [0.25, 0.3) is 5.91 Å². The average Bonchev–Trinajstić information content (AvgIpc) is 2.68. The molecular formula is C19H20N4O2. The number of nitriles is 1. The van der Waals surface area contributed by atoms with Crippen LogP contribution in [0.15, 0.2) is 42.6 Å². The van der Waals surface area contributed by atoms with Crippen molar-refractivity contribution in [1.29, 1.82) is 5.26 Å². The molecule has 1 saturated heterocycles. The predicted octanol–water partition coefficient (Wildman–Crippen LogP) is 2.06. The summed E-state index contributed by atoms with van der Waals surface area (Å²) in [6, 6.07) is 13.0. The molecule has 0 saturated carbocycles. The summed E-state index contributed by atoms with van der Waals surface area (Å²) < 4.78 is 5.38. The van der Waals surface area contributed by atoms with Crippen LogP contribution >= 0.6 is 0 Å². The lowest BCUT2D eigenvalue weighted by atomic mass is 10.1. The molecule has 1 aliphatic heterocycles. The van der Waals surface area contributed by atoms with Crippen molar-refractivity contribution in [1.82, 2.24) is 9.88 Å². The lowest BCUT2D eigenvalue weighted by molar-refractivity contribution is 0.0784. The molecule has 1 aromatic carbocycles. The molecule has 2 heterocycles. The molecule has 1 fully saturated rings. The molecule has 0 radical (unpaired) electrons. The predicted molar refractivity (Wildman–Crippen MR) is 94.2 cm³/mol. The summed E-state index contributed by atoms with van der Waals surface area (Å²) in [7, 11) is 1.77. The van der Waals surface area contributed by atoms with Crippen molar-refractivity contribution in [2.24, 2.45) is 0 Å². The topological polar surface area (TPSA) is 69.5 Å². The Morgan fingerprint density at radius 2 is 2.00 bits per heavy atom. The third kappa shape index (κ3) is 3.95. The van der Waals surface area contributed by atoms with Crippen LogP contribution in [-0.4, -0.2) is 49.1 Å². The highest BCUT2D eigenvalue weighted by Crippen LogP contribution is 2.20. The van der Waals surface area contributed by atoms with Crippen LogP contribution in [0.25, 0.3) is 0 Å². The van der Waals surface area contributed by atoms with Gasteiger partial charge in [-0.15, -0.1) is 0 Å². The van der Waals surface area contributed by atoms with E-state index in [4.69, 9.17) is 10.00 Å². The second-order valence-corrected chi connectivity index (χ2v) is 5.94. The van der Waals surface area contributed by atoms with Crippen molar-refractivity contribution in [3.63, 3.8) is 0 Å². The van der Waals surface area contributed by atoms with E-state index in [0.717, 1.165) is 18.7 Å². The maximum Gasteiger partial charge on any atom is 0.257 e. The minimum atomic E-state index is -0.0704. The molecule has 0 N–H and O–H groups in total. The summed E-state index contributed by atoms with van der Waals surface area (Å²) in [5.41, 5.74) is 2.19. The van der Waals surface area contributed by atoms with Crippen LogP contribution in [0.3, 0.4) is 0 Å². The highest BCUT2D eigenvalue weighted by atomic mass is 16.5. The monoisotopic (exact) mass is 336 g/mol. The van der Waals surface area contributed by atoms with Gasteiger partial charge >= 0.3 is 0 Å². The van der Waals surface area contributed by atoms with Crippen LogP contribution in [0, 0.1) is 11.3 Å². The molecule has 3 rings (SSSR count). The Kier molecular flexibility index (Phi) is 5.26. The molecule has 0 bridgehead atoms. The zero-order valence-corrected chi connectivity index (χ0v) is 14.2. The number of carbonyl (C=O) groups is 1. The minimum absolute atomic E-state index is 0.0704. The van der Waals surface area contributed by atoms with E-state index in [-0.39, 0.29) is 5.91 Å². The minimum Gasteiger partial charge on any atom is -0.378 e. The first-order chi connectivity index (χ1) is 12.2. The van der Waals surface area contributed by atoms with E-state index in [1.807, 2.05) is 18.2 Å². The van der Waals surface area contributed by atoms with Gasteiger partial charge in [0.15, 0.2) is 0 Å². The third-order valence-electron chi connectivity index (χ3n) is 4.18. The van der Waals surface area contributed by atoms with E-state index in [0.29, 0.717) is 36.7 Å². The van der Waals surface area contributed by atoms with Crippen molar-refractivity contribution < 1.29 is 9.53 Å². The molecule has 0 spiro atoms. The van der Waals surface area contributed by atoms with Crippen molar-refractivity contribution in [2.75, 3.05) is 38.3 Å². The third-order valence-corrected chi connectivity index (χ3v) is 4.18. The van der Waals surface area contributed by atoms with E-state index < -0.39 is 0 Å². The van der Waals surface area contributed by atoms with Crippen LogP contribution in [0.1, 0.15) is 21.5 Å². The Morgan fingerprint density at radius 3 is 2.68 bits per heavy atom. The number of benzene rings is 1. The largest absolute Gasteiger partial charge is 0.378 e. The Hall–Kier alpha value is -2.91. The molecule has 0 unspecified atom stereocenters. The van der Waals surface area contributed by atoms with Gasteiger partial charge in [0.1, 0.15) is 5.82 Å². The molecule has 1 aromatic heterocycles. The normalized spacial score (nSPS) is 14.0. The van der Waals surface area contributed by atoms with Gasteiger partial charge in [-0.3, -0.25) is 4.79 Å². The Balaban J connectivity index is 1.76. The fraction of sp³-hybridized carbons (Fsp3) is 0.316. The number of morpholine rings is 1. The highest BCUT2D eigenvalue weighted by Gasteiger charge is 2.22. The molecule has 25 heavy (non-hydrogen) atoms. The maximum absolute atomic E-state index is 12.9. The van der Waals surface area contributed by atoms with E-state index in [2.05, 4.69) is 16.0 Å². The van der Waals surface area contributed by atoms with Crippen molar-refractivity contribution in [3.05, 3.63) is 59.3 Å². The lowest BCUT2D eigenvalue weighted by Crippen LogP contribution is -2.38. The number of carbonyl (C=O) groups excluding carboxylic acids is 1. The molecule has 1 amide bonds. The second kappa shape index (κ2) is 7.77. The number of hydrogen-bond donors (Lipinski definition) is 0. The summed E-state index contributed by atoms with van der Waals surface area (Å²) in [6.45, 7) is 3.23. The SMILES string of the molecule is CN(Cc1ccc(C#N)cc1)C(=O)c1cccnc1N1CCOCC1. The fourth-order valence-corrected chi connectivity index (χ4v) is 2.83. The zero-order valence-electron chi connectivity index (χ0n) is 14.2. The number of hydrogen-bond acceptors (Lipinski definition) is 5. The van der Waals surface area contributed by atoms with Gasteiger partial charge in [-0.1, -0.05) is 12.1 Å². The van der Waals surface area contributed by atoms with E-state index in [9.17, 15) is 4.79 Å². The average molecular weight is 336 g/mol. The Bertz CT molecular complexity index is 777. The van der Waals surface area contributed by atoms with Crippen LogP contribution < -0.4 is 4.90 Å². The molecule has 0 aliphatic carbocycles. The van der Waals surface area contributed by atoms with E-state index in [1.54, 1.807) is 36.3 Å². The van der Waals surface area contributed by atoms with Crippen molar-refractivity contribution in [2.45, 2.75) is 6.54 Å². The van der Waals surface area contributed by atoms with E-state index in [1.165, 1.54) is 0 Å². The van der Waals surface area contributed by atoms with Crippen molar-refractivity contribution >= 4 is 11.7 Å². The molecule has 128 valence electrons. The molecule has 0 atom stereocenters. The standard InChI is InChI=1S/C19H20N4O2/c1-22(14-16-6-4-15(13-20)5-7-16)19(24)17-3-2-8-21-18(17)23-9-11-25-12-10-23/h2-8H,9-12,14H2,1H3. The second-order valence-electron chi connectivity index (χ2n) is 5.94. The maximum atomic E-state index is 12.9. The van der Waals surface area contributed by atoms with E-state index >= 15 is 0 Å².